The summed E-state index contributed by atoms with van der Waals surface area (Å²) in [6, 6.07) is 14.9. The van der Waals surface area contributed by atoms with Gasteiger partial charge in [-0.15, -0.1) is 11.3 Å². The SMILES string of the molecule is COc1ccc(C(=O)NCCc2nc(-c3ccc(OC)cc3)cs2)cc1. The average molecular weight is 368 g/mol. The highest BCUT2D eigenvalue weighted by Crippen LogP contribution is 2.24. The number of methoxy groups -OCH3 is 2. The van der Waals surface area contributed by atoms with Gasteiger partial charge in [0.2, 0.25) is 0 Å². The van der Waals surface area contributed by atoms with E-state index in [1.54, 1.807) is 49.8 Å². The van der Waals surface area contributed by atoms with Crippen LogP contribution in [0.15, 0.2) is 53.9 Å². The predicted molar refractivity (Wildman–Crippen MR) is 103 cm³/mol. The van der Waals surface area contributed by atoms with Crippen LogP contribution in [0.2, 0.25) is 0 Å². The Balaban J connectivity index is 1.53. The third kappa shape index (κ3) is 4.40. The van der Waals surface area contributed by atoms with Gasteiger partial charge >= 0.3 is 0 Å². The van der Waals surface area contributed by atoms with Crippen molar-refractivity contribution in [3.63, 3.8) is 0 Å². The van der Waals surface area contributed by atoms with Crippen molar-refractivity contribution in [1.82, 2.24) is 10.3 Å². The molecule has 26 heavy (non-hydrogen) atoms. The van der Waals surface area contributed by atoms with Crippen molar-refractivity contribution in [3.8, 4) is 22.8 Å². The van der Waals surface area contributed by atoms with Crippen molar-refractivity contribution >= 4 is 17.2 Å². The third-order valence-electron chi connectivity index (χ3n) is 3.91. The number of rotatable bonds is 7. The molecule has 0 saturated carbocycles. The molecule has 1 aromatic heterocycles. The number of hydrogen-bond donors (Lipinski definition) is 1. The van der Waals surface area contributed by atoms with Gasteiger partial charge in [0, 0.05) is 29.5 Å². The molecule has 134 valence electrons. The Kier molecular flexibility index (Phi) is 5.86. The Bertz CT molecular complexity index is 858. The summed E-state index contributed by atoms with van der Waals surface area (Å²) in [6.45, 7) is 0.542. The summed E-state index contributed by atoms with van der Waals surface area (Å²) < 4.78 is 10.3. The highest BCUT2D eigenvalue weighted by molar-refractivity contribution is 7.09. The fraction of sp³-hybridized carbons (Fsp3) is 0.200. The van der Waals surface area contributed by atoms with Gasteiger partial charge in [0.25, 0.3) is 5.91 Å². The lowest BCUT2D eigenvalue weighted by atomic mass is 10.2. The summed E-state index contributed by atoms with van der Waals surface area (Å²) in [4.78, 5) is 16.8. The van der Waals surface area contributed by atoms with Crippen LogP contribution in [-0.2, 0) is 6.42 Å². The van der Waals surface area contributed by atoms with Crippen LogP contribution in [0.25, 0.3) is 11.3 Å². The molecule has 0 bridgehead atoms. The molecule has 0 aliphatic rings. The minimum absolute atomic E-state index is 0.0976. The molecule has 0 aliphatic heterocycles. The summed E-state index contributed by atoms with van der Waals surface area (Å²) in [5.74, 6) is 1.46. The van der Waals surface area contributed by atoms with Crippen molar-refractivity contribution in [2.45, 2.75) is 6.42 Å². The van der Waals surface area contributed by atoms with Crippen LogP contribution in [-0.4, -0.2) is 31.7 Å². The van der Waals surface area contributed by atoms with Crippen molar-refractivity contribution in [2.24, 2.45) is 0 Å². The highest BCUT2D eigenvalue weighted by Gasteiger charge is 2.08. The van der Waals surface area contributed by atoms with Crippen molar-refractivity contribution < 1.29 is 14.3 Å². The molecule has 0 unspecified atom stereocenters. The predicted octanol–water partition coefficient (Wildman–Crippen LogP) is 3.80. The lowest BCUT2D eigenvalue weighted by Gasteiger charge is -2.05. The molecule has 5 nitrogen and oxygen atoms in total. The number of thiazole rings is 1. The topological polar surface area (TPSA) is 60.5 Å². The van der Waals surface area contributed by atoms with Gasteiger partial charge in [-0.3, -0.25) is 4.79 Å². The van der Waals surface area contributed by atoms with Crippen molar-refractivity contribution in [1.29, 1.82) is 0 Å². The largest absolute Gasteiger partial charge is 0.497 e. The van der Waals surface area contributed by atoms with E-state index in [1.165, 1.54) is 0 Å². The minimum Gasteiger partial charge on any atom is -0.497 e. The zero-order chi connectivity index (χ0) is 18.4. The molecule has 0 saturated heterocycles. The summed E-state index contributed by atoms with van der Waals surface area (Å²) in [5, 5.41) is 5.94. The molecule has 0 spiro atoms. The van der Waals surface area contributed by atoms with Crippen LogP contribution in [0.1, 0.15) is 15.4 Å². The molecule has 3 aromatic rings. The number of amides is 1. The fourth-order valence-corrected chi connectivity index (χ4v) is 3.25. The third-order valence-corrected chi connectivity index (χ3v) is 4.82. The quantitative estimate of drug-likeness (QED) is 0.689. The molecule has 6 heteroatoms. The Hall–Kier alpha value is -2.86. The maximum Gasteiger partial charge on any atom is 0.251 e. The van der Waals surface area contributed by atoms with Gasteiger partial charge in [0.15, 0.2) is 0 Å². The maximum absolute atomic E-state index is 12.1. The monoisotopic (exact) mass is 368 g/mol. The normalized spacial score (nSPS) is 10.4. The second-order valence-corrected chi connectivity index (χ2v) is 6.53. The molecular weight excluding hydrogens is 348 g/mol. The van der Waals surface area contributed by atoms with Gasteiger partial charge in [-0.25, -0.2) is 4.98 Å². The zero-order valence-corrected chi connectivity index (χ0v) is 15.5. The fourth-order valence-electron chi connectivity index (χ4n) is 2.45. The van der Waals surface area contributed by atoms with Crippen molar-refractivity contribution in [2.75, 3.05) is 20.8 Å². The zero-order valence-electron chi connectivity index (χ0n) is 14.7. The van der Waals surface area contributed by atoms with E-state index in [4.69, 9.17) is 9.47 Å². The number of nitrogens with zero attached hydrogens (tertiary/aromatic N) is 1. The van der Waals surface area contributed by atoms with Gasteiger partial charge in [-0.2, -0.15) is 0 Å². The van der Waals surface area contributed by atoms with Crippen LogP contribution in [0, 0.1) is 0 Å². The van der Waals surface area contributed by atoms with E-state index >= 15 is 0 Å². The lowest BCUT2D eigenvalue weighted by molar-refractivity contribution is 0.0954. The van der Waals surface area contributed by atoms with Gasteiger partial charge < -0.3 is 14.8 Å². The van der Waals surface area contributed by atoms with Crippen LogP contribution >= 0.6 is 11.3 Å². The number of carbonyl (C=O) groups is 1. The summed E-state index contributed by atoms with van der Waals surface area (Å²) >= 11 is 1.60. The first kappa shape index (κ1) is 17.9. The number of ether oxygens (including phenoxy) is 2. The molecule has 0 radical (unpaired) electrons. The number of carbonyl (C=O) groups excluding carboxylic acids is 1. The van der Waals surface area contributed by atoms with E-state index in [9.17, 15) is 4.79 Å². The first-order valence-corrected chi connectivity index (χ1v) is 9.08. The second-order valence-electron chi connectivity index (χ2n) is 5.59. The Morgan fingerprint density at radius 2 is 1.62 bits per heavy atom. The van der Waals surface area contributed by atoms with Gasteiger partial charge in [0.1, 0.15) is 11.5 Å². The van der Waals surface area contributed by atoms with Gasteiger partial charge in [-0.1, -0.05) is 0 Å². The van der Waals surface area contributed by atoms with Crippen LogP contribution in [0.5, 0.6) is 11.5 Å². The number of aromatic nitrogens is 1. The highest BCUT2D eigenvalue weighted by atomic mass is 32.1. The second kappa shape index (κ2) is 8.49. The number of hydrogen-bond acceptors (Lipinski definition) is 5. The van der Waals surface area contributed by atoms with E-state index in [0.29, 0.717) is 18.5 Å². The standard InChI is InChI=1S/C20H20N2O3S/c1-24-16-7-3-14(4-8-16)18-13-26-19(22-18)11-12-21-20(23)15-5-9-17(25-2)10-6-15/h3-10,13H,11-12H2,1-2H3,(H,21,23). The van der Waals surface area contributed by atoms with E-state index in [-0.39, 0.29) is 5.91 Å². The van der Waals surface area contributed by atoms with Gasteiger partial charge in [-0.05, 0) is 48.5 Å². The van der Waals surface area contributed by atoms with E-state index in [0.717, 1.165) is 27.8 Å². The minimum atomic E-state index is -0.0976. The molecule has 3 rings (SSSR count). The molecule has 0 aliphatic carbocycles. The summed E-state index contributed by atoms with van der Waals surface area (Å²) in [6.07, 6.45) is 0.697. The molecule has 2 aromatic carbocycles. The Labute approximate surface area is 156 Å². The molecular formula is C20H20N2O3S. The van der Waals surface area contributed by atoms with Crippen molar-refractivity contribution in [3.05, 3.63) is 64.5 Å². The van der Waals surface area contributed by atoms with Crippen LogP contribution < -0.4 is 14.8 Å². The maximum atomic E-state index is 12.1. The number of benzene rings is 2. The first-order valence-electron chi connectivity index (χ1n) is 8.20. The molecule has 0 atom stereocenters. The molecule has 0 fully saturated rings. The van der Waals surface area contributed by atoms with Crippen LogP contribution in [0.4, 0.5) is 0 Å². The average Bonchev–Trinajstić information content (AvgIpc) is 3.17. The van der Waals surface area contributed by atoms with Gasteiger partial charge in [0.05, 0.1) is 24.9 Å². The summed E-state index contributed by atoms with van der Waals surface area (Å²) in [7, 11) is 3.25. The van der Waals surface area contributed by atoms with Crippen LogP contribution in [0.3, 0.4) is 0 Å². The van der Waals surface area contributed by atoms with E-state index in [2.05, 4.69) is 10.3 Å². The molecule has 1 N–H and O–H groups in total. The van der Waals surface area contributed by atoms with E-state index < -0.39 is 0 Å². The van der Waals surface area contributed by atoms with E-state index in [1.807, 2.05) is 29.6 Å². The Morgan fingerprint density at radius 1 is 1.00 bits per heavy atom. The molecule has 1 heterocycles. The molecule has 1 amide bonds. The first-order chi connectivity index (χ1) is 12.7. The summed E-state index contributed by atoms with van der Waals surface area (Å²) in [5.41, 5.74) is 2.61. The smallest absolute Gasteiger partial charge is 0.251 e. The number of nitrogens with one attached hydrogen (secondary N) is 1. The Morgan fingerprint density at radius 3 is 2.23 bits per heavy atom. The lowest BCUT2D eigenvalue weighted by Crippen LogP contribution is -2.25.